The Morgan fingerprint density at radius 3 is 2.09 bits per heavy atom. The molecule has 5 rings (SSSR count). The molecule has 2 nitrogen and oxygen atoms in total. The molecule has 2 aliphatic rings. The van der Waals surface area contributed by atoms with E-state index in [1.807, 2.05) is 6.07 Å². The fourth-order valence-corrected chi connectivity index (χ4v) is 4.93. The molecule has 0 saturated heterocycles. The fraction of sp³-hybridized carbons (Fsp3) is 0.267. The minimum atomic E-state index is 0.323. The molecule has 0 bridgehead atoms. The second kappa shape index (κ2) is 9.08. The van der Waals surface area contributed by atoms with E-state index in [-0.39, 0.29) is 0 Å². The molecule has 2 heteroatoms. The van der Waals surface area contributed by atoms with Crippen molar-refractivity contribution >= 4 is 0 Å². The summed E-state index contributed by atoms with van der Waals surface area (Å²) in [6.45, 7) is 4.10. The Morgan fingerprint density at radius 2 is 1.41 bits per heavy atom. The summed E-state index contributed by atoms with van der Waals surface area (Å²) in [5.74, 6) is 2.25. The predicted octanol–water partition coefficient (Wildman–Crippen LogP) is 7.58. The van der Waals surface area contributed by atoms with Gasteiger partial charge in [-0.2, -0.15) is 0 Å². The SMILES string of the molecule is Cc1cc(C)nc(C2C=CC(c3cccc(-c4ccc([C@H]5C=CC=CC5)cc4)c3)CC2)n1. The minimum Gasteiger partial charge on any atom is -0.238 e. The van der Waals surface area contributed by atoms with E-state index in [0.717, 1.165) is 36.5 Å². The Labute approximate surface area is 191 Å². The highest BCUT2D eigenvalue weighted by Gasteiger charge is 2.21. The Kier molecular flexibility index (Phi) is 5.85. The van der Waals surface area contributed by atoms with Crippen LogP contribution < -0.4 is 0 Å². The standard InChI is InChI=1S/C30H30N2/c1-21-19-22(2)32-30(31-21)27-17-15-26(16-18-27)29-10-6-9-28(20-29)25-13-11-24(12-14-25)23-7-4-3-5-8-23/h3-7,9-15,17,19-20,23,26-27H,8,16,18H2,1-2H3/t23-,26?,27?/m0/s1. The maximum Gasteiger partial charge on any atom is 0.135 e. The van der Waals surface area contributed by atoms with Crippen molar-refractivity contribution in [3.8, 4) is 11.1 Å². The third-order valence-electron chi connectivity index (χ3n) is 6.66. The predicted molar refractivity (Wildman–Crippen MR) is 133 cm³/mol. The van der Waals surface area contributed by atoms with E-state index in [4.69, 9.17) is 0 Å². The largest absolute Gasteiger partial charge is 0.238 e. The average Bonchev–Trinajstić information content (AvgIpc) is 2.84. The Morgan fingerprint density at radius 1 is 0.656 bits per heavy atom. The molecule has 0 fully saturated rings. The van der Waals surface area contributed by atoms with Crippen molar-refractivity contribution in [2.75, 3.05) is 0 Å². The number of rotatable bonds is 4. The van der Waals surface area contributed by atoms with Crippen molar-refractivity contribution in [3.63, 3.8) is 0 Å². The maximum absolute atomic E-state index is 4.68. The Hall–Kier alpha value is -3.26. The molecule has 1 aromatic heterocycles. The zero-order valence-electron chi connectivity index (χ0n) is 18.9. The van der Waals surface area contributed by atoms with Crippen LogP contribution in [0.2, 0.25) is 0 Å². The normalized spacial score (nSPS) is 22.2. The number of hydrogen-bond donors (Lipinski definition) is 0. The molecule has 1 heterocycles. The summed E-state index contributed by atoms with van der Waals surface area (Å²) in [7, 11) is 0. The zero-order chi connectivity index (χ0) is 21.9. The quantitative estimate of drug-likeness (QED) is 0.408. The first-order valence-electron chi connectivity index (χ1n) is 11.7. The van der Waals surface area contributed by atoms with Gasteiger partial charge < -0.3 is 0 Å². The molecule has 0 spiro atoms. The van der Waals surface area contributed by atoms with Gasteiger partial charge in [-0.25, -0.2) is 9.97 Å². The van der Waals surface area contributed by atoms with Crippen LogP contribution in [0.5, 0.6) is 0 Å². The molecule has 0 saturated carbocycles. The van der Waals surface area contributed by atoms with Gasteiger partial charge in [0, 0.05) is 29.1 Å². The van der Waals surface area contributed by atoms with Crippen molar-refractivity contribution < 1.29 is 0 Å². The Bertz CT molecular complexity index is 1160. The average molecular weight is 419 g/mol. The summed E-state index contributed by atoms with van der Waals surface area (Å²) in [5, 5.41) is 0. The number of benzene rings is 2. The van der Waals surface area contributed by atoms with E-state index < -0.39 is 0 Å². The number of hydrogen-bond acceptors (Lipinski definition) is 2. The van der Waals surface area contributed by atoms with Crippen LogP contribution in [-0.2, 0) is 0 Å². The summed E-state index contributed by atoms with van der Waals surface area (Å²) in [5.41, 5.74) is 7.47. The molecule has 32 heavy (non-hydrogen) atoms. The number of aryl methyl sites for hydroxylation is 2. The van der Waals surface area contributed by atoms with Gasteiger partial charge >= 0.3 is 0 Å². The highest BCUT2D eigenvalue weighted by Crippen LogP contribution is 2.36. The molecule has 2 aliphatic carbocycles. The number of aromatic nitrogens is 2. The van der Waals surface area contributed by atoms with Crippen molar-refractivity contribution in [2.24, 2.45) is 0 Å². The van der Waals surface area contributed by atoms with Crippen LogP contribution in [0.4, 0.5) is 0 Å². The fourth-order valence-electron chi connectivity index (χ4n) is 4.93. The highest BCUT2D eigenvalue weighted by atomic mass is 14.9. The lowest BCUT2D eigenvalue weighted by Crippen LogP contribution is -2.10. The smallest absolute Gasteiger partial charge is 0.135 e. The van der Waals surface area contributed by atoms with Gasteiger partial charge in [-0.3, -0.25) is 0 Å². The van der Waals surface area contributed by atoms with E-state index in [1.54, 1.807) is 0 Å². The van der Waals surface area contributed by atoms with Gasteiger partial charge in [-0.1, -0.05) is 85.0 Å². The van der Waals surface area contributed by atoms with E-state index in [2.05, 4.69) is 109 Å². The molecule has 3 aromatic rings. The molecule has 0 aliphatic heterocycles. The summed E-state index contributed by atoms with van der Waals surface area (Å²) in [6.07, 6.45) is 16.8. The summed E-state index contributed by atoms with van der Waals surface area (Å²) < 4.78 is 0. The van der Waals surface area contributed by atoms with E-state index in [1.165, 1.54) is 22.3 Å². The van der Waals surface area contributed by atoms with Crippen LogP contribution in [-0.4, -0.2) is 9.97 Å². The van der Waals surface area contributed by atoms with Gasteiger partial charge in [0.1, 0.15) is 5.82 Å². The van der Waals surface area contributed by atoms with Gasteiger partial charge in [-0.05, 0) is 61.4 Å². The lowest BCUT2D eigenvalue weighted by atomic mass is 9.83. The lowest BCUT2D eigenvalue weighted by Gasteiger charge is -2.23. The molecular formula is C30H30N2. The molecule has 0 radical (unpaired) electrons. The monoisotopic (exact) mass is 418 g/mol. The number of nitrogens with zero attached hydrogens (tertiary/aromatic N) is 2. The minimum absolute atomic E-state index is 0.323. The van der Waals surface area contributed by atoms with Crippen LogP contribution in [0.15, 0.2) is 91.1 Å². The molecule has 2 unspecified atom stereocenters. The third kappa shape index (κ3) is 4.50. The van der Waals surface area contributed by atoms with Gasteiger partial charge in [0.15, 0.2) is 0 Å². The van der Waals surface area contributed by atoms with E-state index >= 15 is 0 Å². The van der Waals surface area contributed by atoms with Crippen LogP contribution in [0.3, 0.4) is 0 Å². The van der Waals surface area contributed by atoms with E-state index in [0.29, 0.717) is 17.8 Å². The molecule has 0 amide bonds. The van der Waals surface area contributed by atoms with Gasteiger partial charge in [0.05, 0.1) is 0 Å². The van der Waals surface area contributed by atoms with Gasteiger partial charge in [0.2, 0.25) is 0 Å². The molecule has 160 valence electrons. The van der Waals surface area contributed by atoms with Gasteiger partial charge in [0.25, 0.3) is 0 Å². The Balaban J connectivity index is 1.32. The summed E-state index contributed by atoms with van der Waals surface area (Å²) in [6, 6.07) is 20.2. The van der Waals surface area contributed by atoms with Crippen molar-refractivity contribution in [3.05, 3.63) is 119 Å². The molecular weight excluding hydrogens is 388 g/mol. The van der Waals surface area contributed by atoms with Gasteiger partial charge in [-0.15, -0.1) is 0 Å². The summed E-state index contributed by atoms with van der Waals surface area (Å²) in [4.78, 5) is 9.36. The van der Waals surface area contributed by atoms with Crippen LogP contribution in [0, 0.1) is 13.8 Å². The first-order chi connectivity index (χ1) is 15.7. The first kappa shape index (κ1) is 20.6. The number of allylic oxidation sites excluding steroid dienone is 6. The molecule has 2 aromatic carbocycles. The maximum atomic E-state index is 4.68. The lowest BCUT2D eigenvalue weighted by molar-refractivity contribution is 0.578. The third-order valence-corrected chi connectivity index (χ3v) is 6.66. The van der Waals surface area contributed by atoms with Crippen LogP contribution in [0.1, 0.15) is 65.4 Å². The summed E-state index contributed by atoms with van der Waals surface area (Å²) >= 11 is 0. The second-order valence-electron chi connectivity index (χ2n) is 9.09. The van der Waals surface area contributed by atoms with Crippen molar-refractivity contribution in [1.29, 1.82) is 0 Å². The van der Waals surface area contributed by atoms with Crippen molar-refractivity contribution in [1.82, 2.24) is 9.97 Å². The first-order valence-corrected chi connectivity index (χ1v) is 11.7. The van der Waals surface area contributed by atoms with Crippen LogP contribution in [0.25, 0.3) is 11.1 Å². The zero-order valence-corrected chi connectivity index (χ0v) is 18.9. The topological polar surface area (TPSA) is 25.8 Å². The molecule has 0 N–H and O–H groups in total. The van der Waals surface area contributed by atoms with Crippen molar-refractivity contribution in [2.45, 2.75) is 50.9 Å². The second-order valence-corrected chi connectivity index (χ2v) is 9.09. The highest BCUT2D eigenvalue weighted by molar-refractivity contribution is 5.65. The van der Waals surface area contributed by atoms with Crippen LogP contribution >= 0.6 is 0 Å². The van der Waals surface area contributed by atoms with E-state index in [9.17, 15) is 0 Å². The molecule has 3 atom stereocenters.